The number of amides is 1. The Hall–Kier alpha value is -1.76. The molecule has 0 bridgehead atoms. The molecule has 5 nitrogen and oxygen atoms in total. The molecule has 0 atom stereocenters. The van der Waals surface area contributed by atoms with Gasteiger partial charge in [-0.25, -0.2) is 8.42 Å². The highest BCUT2D eigenvalue weighted by Crippen LogP contribution is 2.24. The Morgan fingerprint density at radius 1 is 1.04 bits per heavy atom. The van der Waals surface area contributed by atoms with Gasteiger partial charge in [0.15, 0.2) is 0 Å². The third kappa shape index (κ3) is 4.87. The Balaban J connectivity index is 2.20. The molecule has 0 radical (unpaired) electrons. The second kappa shape index (κ2) is 8.08. The number of benzene rings is 2. The Labute approximate surface area is 157 Å². The van der Waals surface area contributed by atoms with E-state index in [1.807, 2.05) is 0 Å². The number of carbonyl (C=O) groups excluding carboxylic acids is 1. The average Bonchev–Trinajstić information content (AvgIpc) is 2.55. The summed E-state index contributed by atoms with van der Waals surface area (Å²) in [6, 6.07) is 11.1. The zero-order valence-electron chi connectivity index (χ0n) is 13.8. The number of sulfonamides is 1. The first-order valence-corrected chi connectivity index (χ1v) is 10.0. The van der Waals surface area contributed by atoms with Gasteiger partial charge in [-0.05, 0) is 56.3 Å². The number of halogens is 2. The van der Waals surface area contributed by atoms with Crippen LogP contribution in [0.3, 0.4) is 0 Å². The minimum atomic E-state index is -3.35. The van der Waals surface area contributed by atoms with Crippen molar-refractivity contribution in [3.05, 3.63) is 58.1 Å². The normalized spacial score (nSPS) is 11.2. The van der Waals surface area contributed by atoms with Crippen LogP contribution in [-0.4, -0.2) is 26.6 Å². The number of hydrogen-bond acceptors (Lipinski definition) is 3. The number of hydrogen-bond donors (Lipinski definition) is 1. The molecule has 0 spiro atoms. The molecule has 0 saturated heterocycles. The number of rotatable bonds is 6. The average molecular weight is 401 g/mol. The first-order chi connectivity index (χ1) is 11.8. The summed E-state index contributed by atoms with van der Waals surface area (Å²) in [5.41, 5.74) is 1.40. The van der Waals surface area contributed by atoms with E-state index in [9.17, 15) is 13.2 Å². The topological polar surface area (TPSA) is 66.5 Å². The molecule has 0 aromatic heterocycles. The van der Waals surface area contributed by atoms with Gasteiger partial charge in [0.25, 0.3) is 5.91 Å². The van der Waals surface area contributed by atoms with E-state index in [0.29, 0.717) is 33.5 Å². The molecule has 25 heavy (non-hydrogen) atoms. The maximum absolute atomic E-state index is 12.3. The molecule has 0 fully saturated rings. The Bertz CT molecular complexity index is 848. The minimum Gasteiger partial charge on any atom is -0.322 e. The lowest BCUT2D eigenvalue weighted by Gasteiger charge is -2.22. The zero-order chi connectivity index (χ0) is 18.6. The Morgan fingerprint density at radius 3 is 2.08 bits per heavy atom. The highest BCUT2D eigenvalue weighted by Gasteiger charge is 2.19. The second-order valence-corrected chi connectivity index (χ2v) is 8.28. The molecule has 2 aromatic rings. The molecule has 0 aliphatic carbocycles. The molecule has 8 heteroatoms. The SMILES string of the molecule is CCN(c1ccc(C(=O)Nc2cc(Cl)cc(Cl)c2)cc1)S(=O)(=O)CC. The van der Waals surface area contributed by atoms with Crippen molar-refractivity contribution in [3.8, 4) is 0 Å². The molecular weight excluding hydrogens is 383 g/mol. The predicted octanol–water partition coefficient (Wildman–Crippen LogP) is 4.42. The first kappa shape index (κ1) is 19.6. The molecule has 0 aliphatic rings. The van der Waals surface area contributed by atoms with Crippen LogP contribution in [0.2, 0.25) is 10.0 Å². The van der Waals surface area contributed by atoms with Crippen LogP contribution >= 0.6 is 23.2 Å². The summed E-state index contributed by atoms with van der Waals surface area (Å²) in [6.45, 7) is 3.68. The smallest absolute Gasteiger partial charge is 0.255 e. The maximum atomic E-state index is 12.3. The van der Waals surface area contributed by atoms with Gasteiger partial charge in [-0.1, -0.05) is 23.2 Å². The van der Waals surface area contributed by atoms with Crippen molar-refractivity contribution in [1.29, 1.82) is 0 Å². The maximum Gasteiger partial charge on any atom is 0.255 e. The molecule has 1 amide bonds. The van der Waals surface area contributed by atoms with Gasteiger partial charge < -0.3 is 5.32 Å². The fourth-order valence-corrected chi connectivity index (χ4v) is 3.98. The third-order valence-electron chi connectivity index (χ3n) is 3.53. The van der Waals surface area contributed by atoms with Crippen molar-refractivity contribution >= 4 is 50.5 Å². The molecule has 2 rings (SSSR count). The van der Waals surface area contributed by atoms with Crippen molar-refractivity contribution in [2.24, 2.45) is 0 Å². The van der Waals surface area contributed by atoms with Crippen LogP contribution in [0.5, 0.6) is 0 Å². The molecule has 134 valence electrons. The number of anilines is 2. The van der Waals surface area contributed by atoms with E-state index in [1.54, 1.807) is 56.3 Å². The fourth-order valence-electron chi connectivity index (χ4n) is 2.30. The van der Waals surface area contributed by atoms with Crippen LogP contribution in [0.1, 0.15) is 24.2 Å². The largest absolute Gasteiger partial charge is 0.322 e. The van der Waals surface area contributed by atoms with E-state index in [4.69, 9.17) is 23.2 Å². The molecule has 0 heterocycles. The number of nitrogens with one attached hydrogen (secondary N) is 1. The van der Waals surface area contributed by atoms with Gasteiger partial charge >= 0.3 is 0 Å². The van der Waals surface area contributed by atoms with Crippen LogP contribution < -0.4 is 9.62 Å². The lowest BCUT2D eigenvalue weighted by Crippen LogP contribution is -2.32. The molecular formula is C17H18Cl2N2O3S. The Kier molecular flexibility index (Phi) is 6.32. The number of nitrogens with zero attached hydrogens (tertiary/aromatic N) is 1. The van der Waals surface area contributed by atoms with E-state index in [1.165, 1.54) is 4.31 Å². The summed E-state index contributed by atoms with van der Waals surface area (Å²) in [4.78, 5) is 12.3. The van der Waals surface area contributed by atoms with E-state index >= 15 is 0 Å². The minimum absolute atomic E-state index is 0.0125. The fraction of sp³-hybridized carbons (Fsp3) is 0.235. The van der Waals surface area contributed by atoms with Gasteiger partial charge in [-0.15, -0.1) is 0 Å². The van der Waals surface area contributed by atoms with Crippen molar-refractivity contribution < 1.29 is 13.2 Å². The summed E-state index contributed by atoms with van der Waals surface area (Å²) in [7, 11) is -3.35. The van der Waals surface area contributed by atoms with Crippen LogP contribution in [0, 0.1) is 0 Å². The van der Waals surface area contributed by atoms with Crippen LogP contribution in [-0.2, 0) is 10.0 Å². The monoisotopic (exact) mass is 400 g/mol. The molecule has 0 unspecified atom stereocenters. The van der Waals surface area contributed by atoms with Gasteiger partial charge in [0, 0.05) is 27.8 Å². The van der Waals surface area contributed by atoms with E-state index in [-0.39, 0.29) is 11.7 Å². The van der Waals surface area contributed by atoms with Gasteiger partial charge in [0.2, 0.25) is 10.0 Å². The first-order valence-electron chi connectivity index (χ1n) is 7.64. The van der Waals surface area contributed by atoms with E-state index in [2.05, 4.69) is 5.32 Å². The summed E-state index contributed by atoms with van der Waals surface area (Å²) in [6.07, 6.45) is 0. The summed E-state index contributed by atoms with van der Waals surface area (Å²) in [5, 5.41) is 3.54. The van der Waals surface area contributed by atoms with Crippen molar-refractivity contribution in [3.63, 3.8) is 0 Å². The van der Waals surface area contributed by atoms with Crippen molar-refractivity contribution in [1.82, 2.24) is 0 Å². The lowest BCUT2D eigenvalue weighted by molar-refractivity contribution is 0.102. The van der Waals surface area contributed by atoms with Crippen LogP contribution in [0.25, 0.3) is 0 Å². The highest BCUT2D eigenvalue weighted by molar-refractivity contribution is 7.92. The molecule has 2 aromatic carbocycles. The van der Waals surface area contributed by atoms with Gasteiger partial charge in [0.1, 0.15) is 0 Å². The lowest BCUT2D eigenvalue weighted by atomic mass is 10.2. The van der Waals surface area contributed by atoms with Crippen molar-refractivity contribution in [2.75, 3.05) is 21.9 Å². The Morgan fingerprint density at radius 2 is 1.60 bits per heavy atom. The summed E-state index contributed by atoms with van der Waals surface area (Å²) < 4.78 is 25.5. The van der Waals surface area contributed by atoms with E-state index < -0.39 is 10.0 Å². The summed E-state index contributed by atoms with van der Waals surface area (Å²) in [5.74, 6) is -0.329. The molecule has 0 aliphatic heterocycles. The standard InChI is InChI=1S/C17H18Cl2N2O3S/c1-3-21(25(23,24)4-2)16-7-5-12(6-8-16)17(22)20-15-10-13(18)9-14(19)11-15/h5-11H,3-4H2,1-2H3,(H,20,22). The predicted molar refractivity (Wildman–Crippen MR) is 103 cm³/mol. The molecule has 1 N–H and O–H groups in total. The quantitative estimate of drug-likeness (QED) is 0.779. The molecule has 0 saturated carbocycles. The van der Waals surface area contributed by atoms with E-state index in [0.717, 1.165) is 0 Å². The summed E-state index contributed by atoms with van der Waals surface area (Å²) >= 11 is 11.8. The van der Waals surface area contributed by atoms with Gasteiger partial charge in [0.05, 0.1) is 11.4 Å². The number of carbonyl (C=O) groups is 1. The zero-order valence-corrected chi connectivity index (χ0v) is 16.1. The highest BCUT2D eigenvalue weighted by atomic mass is 35.5. The van der Waals surface area contributed by atoms with Crippen LogP contribution in [0.15, 0.2) is 42.5 Å². The van der Waals surface area contributed by atoms with Gasteiger partial charge in [-0.3, -0.25) is 9.10 Å². The van der Waals surface area contributed by atoms with Crippen molar-refractivity contribution in [2.45, 2.75) is 13.8 Å². The third-order valence-corrected chi connectivity index (χ3v) is 5.83. The van der Waals surface area contributed by atoms with Crippen LogP contribution in [0.4, 0.5) is 11.4 Å². The van der Waals surface area contributed by atoms with Gasteiger partial charge in [-0.2, -0.15) is 0 Å². The second-order valence-electron chi connectivity index (χ2n) is 5.22.